The van der Waals surface area contributed by atoms with Crippen molar-refractivity contribution in [1.82, 2.24) is 15.5 Å². The van der Waals surface area contributed by atoms with Gasteiger partial charge in [0.25, 0.3) is 0 Å². The average molecular weight is 490 g/mol. The zero-order chi connectivity index (χ0) is 25.8. The first-order valence-electron chi connectivity index (χ1n) is 12.1. The summed E-state index contributed by atoms with van der Waals surface area (Å²) in [4.78, 5) is 49.7. The molecule has 2 unspecified atom stereocenters. The van der Waals surface area contributed by atoms with Gasteiger partial charge < -0.3 is 34.5 Å². The molecular formula is C23H43N3O8. The van der Waals surface area contributed by atoms with Gasteiger partial charge in [0.2, 0.25) is 0 Å². The fourth-order valence-corrected chi connectivity index (χ4v) is 3.10. The van der Waals surface area contributed by atoms with Gasteiger partial charge in [-0.2, -0.15) is 0 Å². The molecule has 0 saturated carbocycles. The van der Waals surface area contributed by atoms with Gasteiger partial charge in [0.15, 0.2) is 0 Å². The van der Waals surface area contributed by atoms with Crippen LogP contribution in [0.4, 0.5) is 0 Å². The Labute approximate surface area is 203 Å². The van der Waals surface area contributed by atoms with Gasteiger partial charge in [0.05, 0.1) is 39.3 Å². The minimum absolute atomic E-state index is 0.0678. The molecule has 0 aromatic rings. The van der Waals surface area contributed by atoms with Crippen LogP contribution >= 0.6 is 0 Å². The first kappa shape index (κ1) is 31.8. The SMILES string of the molecule is CCOC(=O)CC(NCCCN(C)CCCNC(CC(=O)OCC)C(=O)OCC)C(=O)OCC. The second-order valence-electron chi connectivity index (χ2n) is 7.55. The number of hydrogen-bond acceptors (Lipinski definition) is 11. The number of hydrogen-bond donors (Lipinski definition) is 2. The van der Waals surface area contributed by atoms with E-state index in [4.69, 9.17) is 18.9 Å². The van der Waals surface area contributed by atoms with Gasteiger partial charge in [-0.3, -0.25) is 19.2 Å². The van der Waals surface area contributed by atoms with Crippen LogP contribution in [-0.4, -0.2) is 101 Å². The van der Waals surface area contributed by atoms with Crippen molar-refractivity contribution in [2.24, 2.45) is 0 Å². The summed E-state index contributed by atoms with van der Waals surface area (Å²) in [7, 11) is 1.98. The molecule has 0 rings (SSSR count). The zero-order valence-corrected chi connectivity index (χ0v) is 21.4. The van der Waals surface area contributed by atoms with Crippen LogP contribution in [0.15, 0.2) is 0 Å². The number of carbonyl (C=O) groups excluding carboxylic acids is 4. The third kappa shape index (κ3) is 15.6. The lowest BCUT2D eigenvalue weighted by Gasteiger charge is -2.20. The van der Waals surface area contributed by atoms with E-state index in [2.05, 4.69) is 15.5 Å². The molecule has 0 aliphatic carbocycles. The lowest BCUT2D eigenvalue weighted by atomic mass is 10.2. The van der Waals surface area contributed by atoms with Crippen molar-refractivity contribution >= 4 is 23.9 Å². The minimum atomic E-state index is -0.729. The molecule has 34 heavy (non-hydrogen) atoms. The Kier molecular flexibility index (Phi) is 18.8. The molecule has 2 N–H and O–H groups in total. The van der Waals surface area contributed by atoms with Crippen molar-refractivity contribution in [3.63, 3.8) is 0 Å². The van der Waals surface area contributed by atoms with E-state index in [1.165, 1.54) is 0 Å². The summed E-state index contributed by atoms with van der Waals surface area (Å²) in [5.74, 6) is -1.81. The predicted molar refractivity (Wildman–Crippen MR) is 126 cm³/mol. The van der Waals surface area contributed by atoms with Gasteiger partial charge in [-0.05, 0) is 73.8 Å². The lowest BCUT2D eigenvalue weighted by molar-refractivity contribution is -0.152. The van der Waals surface area contributed by atoms with Crippen LogP contribution in [0.3, 0.4) is 0 Å². The Bertz CT molecular complexity index is 553. The van der Waals surface area contributed by atoms with Crippen molar-refractivity contribution in [3.05, 3.63) is 0 Å². The third-order valence-corrected chi connectivity index (χ3v) is 4.71. The van der Waals surface area contributed by atoms with E-state index in [1.54, 1.807) is 27.7 Å². The van der Waals surface area contributed by atoms with E-state index in [9.17, 15) is 19.2 Å². The summed E-state index contributed by atoms with van der Waals surface area (Å²) >= 11 is 0. The van der Waals surface area contributed by atoms with Crippen molar-refractivity contribution < 1.29 is 38.1 Å². The standard InChI is InChI=1S/C23H43N3O8/c1-6-31-20(27)16-18(22(29)33-8-3)24-12-10-14-26(5)15-11-13-25-19(23(30)34-9-4)17-21(28)32-7-2/h18-19,24-25H,6-17H2,1-5H3. The van der Waals surface area contributed by atoms with E-state index in [0.29, 0.717) is 13.1 Å². The Hall–Kier alpha value is -2.24. The molecule has 0 aromatic heterocycles. The fraction of sp³-hybridized carbons (Fsp3) is 0.826. The highest BCUT2D eigenvalue weighted by atomic mass is 16.5. The van der Waals surface area contributed by atoms with Gasteiger partial charge in [-0.1, -0.05) is 0 Å². The van der Waals surface area contributed by atoms with Crippen LogP contribution in [0.25, 0.3) is 0 Å². The zero-order valence-electron chi connectivity index (χ0n) is 21.4. The number of nitrogens with zero attached hydrogens (tertiary/aromatic N) is 1. The smallest absolute Gasteiger partial charge is 0.323 e. The predicted octanol–water partition coefficient (Wildman–Crippen LogP) is 0.647. The van der Waals surface area contributed by atoms with Crippen LogP contribution in [0.5, 0.6) is 0 Å². The highest BCUT2D eigenvalue weighted by molar-refractivity contribution is 5.83. The van der Waals surface area contributed by atoms with Gasteiger partial charge in [-0.25, -0.2) is 0 Å². The Morgan fingerprint density at radius 2 is 1.00 bits per heavy atom. The van der Waals surface area contributed by atoms with Crippen molar-refractivity contribution in [3.8, 4) is 0 Å². The van der Waals surface area contributed by atoms with E-state index in [0.717, 1.165) is 25.9 Å². The lowest BCUT2D eigenvalue weighted by Crippen LogP contribution is -2.42. The topological polar surface area (TPSA) is 132 Å². The number of carbonyl (C=O) groups is 4. The van der Waals surface area contributed by atoms with Crippen LogP contribution in [0, 0.1) is 0 Å². The normalized spacial score (nSPS) is 12.6. The molecule has 2 atom stereocenters. The van der Waals surface area contributed by atoms with Crippen molar-refractivity contribution in [2.45, 2.75) is 65.5 Å². The maximum atomic E-state index is 12.1. The monoisotopic (exact) mass is 489 g/mol. The first-order valence-corrected chi connectivity index (χ1v) is 12.1. The largest absolute Gasteiger partial charge is 0.466 e. The summed E-state index contributed by atoms with van der Waals surface area (Å²) in [6.45, 7) is 10.5. The summed E-state index contributed by atoms with van der Waals surface area (Å²) < 4.78 is 19.9. The second kappa shape index (κ2) is 20.2. The summed E-state index contributed by atoms with van der Waals surface area (Å²) in [5, 5.41) is 6.15. The molecule has 0 fully saturated rings. The molecule has 11 heteroatoms. The Morgan fingerprint density at radius 3 is 1.32 bits per heavy atom. The first-order chi connectivity index (χ1) is 16.3. The maximum absolute atomic E-state index is 12.1. The Balaban J connectivity index is 4.31. The number of esters is 4. The van der Waals surface area contributed by atoms with E-state index >= 15 is 0 Å². The van der Waals surface area contributed by atoms with E-state index < -0.39 is 36.0 Å². The van der Waals surface area contributed by atoms with E-state index in [1.807, 2.05) is 7.05 Å². The highest BCUT2D eigenvalue weighted by Crippen LogP contribution is 2.01. The number of ether oxygens (including phenoxy) is 4. The molecule has 0 amide bonds. The van der Waals surface area contributed by atoms with Crippen LogP contribution in [0.2, 0.25) is 0 Å². The van der Waals surface area contributed by atoms with Crippen LogP contribution < -0.4 is 10.6 Å². The quantitative estimate of drug-likeness (QED) is 0.142. The summed E-state index contributed by atoms with van der Waals surface area (Å²) in [6, 6.07) is -1.46. The minimum Gasteiger partial charge on any atom is -0.466 e. The molecule has 0 heterocycles. The third-order valence-electron chi connectivity index (χ3n) is 4.71. The molecule has 0 spiro atoms. The average Bonchev–Trinajstić information content (AvgIpc) is 2.78. The van der Waals surface area contributed by atoms with Gasteiger partial charge in [-0.15, -0.1) is 0 Å². The molecule has 0 aliphatic rings. The molecule has 0 aliphatic heterocycles. The summed E-state index contributed by atoms with van der Waals surface area (Å²) in [5.41, 5.74) is 0. The molecule has 0 saturated heterocycles. The molecule has 0 aromatic carbocycles. The van der Waals surface area contributed by atoms with Crippen LogP contribution in [-0.2, 0) is 38.1 Å². The summed E-state index contributed by atoms with van der Waals surface area (Å²) in [6.07, 6.45) is 1.39. The van der Waals surface area contributed by atoms with E-state index in [-0.39, 0.29) is 39.3 Å². The fourth-order valence-electron chi connectivity index (χ4n) is 3.10. The van der Waals surface area contributed by atoms with Gasteiger partial charge in [0, 0.05) is 0 Å². The number of nitrogens with one attached hydrogen (secondary N) is 2. The van der Waals surface area contributed by atoms with Gasteiger partial charge >= 0.3 is 23.9 Å². The molecule has 0 bridgehead atoms. The Morgan fingerprint density at radius 1 is 0.647 bits per heavy atom. The van der Waals surface area contributed by atoms with Crippen molar-refractivity contribution in [2.75, 3.05) is 59.7 Å². The number of rotatable bonds is 20. The van der Waals surface area contributed by atoms with Crippen molar-refractivity contribution in [1.29, 1.82) is 0 Å². The van der Waals surface area contributed by atoms with Crippen LogP contribution in [0.1, 0.15) is 53.4 Å². The molecular weight excluding hydrogens is 446 g/mol. The van der Waals surface area contributed by atoms with Gasteiger partial charge in [0.1, 0.15) is 12.1 Å². The highest BCUT2D eigenvalue weighted by Gasteiger charge is 2.24. The molecule has 11 nitrogen and oxygen atoms in total. The molecule has 0 radical (unpaired) electrons. The molecule has 198 valence electrons. The maximum Gasteiger partial charge on any atom is 0.323 e. The second-order valence-corrected chi connectivity index (χ2v) is 7.55.